The van der Waals surface area contributed by atoms with Gasteiger partial charge in [-0.05, 0) is 30.5 Å². The Morgan fingerprint density at radius 3 is 2.52 bits per heavy atom. The average Bonchev–Trinajstić information content (AvgIpc) is 3.32. The van der Waals surface area contributed by atoms with Crippen molar-refractivity contribution < 1.29 is 19.1 Å². The zero-order chi connectivity index (χ0) is 21.8. The van der Waals surface area contributed by atoms with Crippen molar-refractivity contribution in [2.24, 2.45) is 0 Å². The van der Waals surface area contributed by atoms with Crippen molar-refractivity contribution >= 4 is 40.0 Å². The molecule has 0 spiro atoms. The number of fused-ring (bicyclic) bond motifs is 1. The number of aromatic nitrogens is 1. The van der Waals surface area contributed by atoms with Gasteiger partial charge < -0.3 is 4.74 Å². The molecule has 2 aromatic carbocycles. The number of hydrogen-bond donors (Lipinski definition) is 1. The Hall–Kier alpha value is -3.84. The van der Waals surface area contributed by atoms with Gasteiger partial charge in [0.2, 0.25) is 0 Å². The van der Waals surface area contributed by atoms with Crippen molar-refractivity contribution in [1.29, 1.82) is 0 Å². The number of hydrogen-bond acceptors (Lipinski definition) is 6. The van der Waals surface area contributed by atoms with Crippen LogP contribution in [-0.4, -0.2) is 29.4 Å². The molecule has 0 aliphatic heterocycles. The van der Waals surface area contributed by atoms with Crippen LogP contribution in [0.2, 0.25) is 0 Å². The predicted octanol–water partition coefficient (Wildman–Crippen LogP) is 4.39. The van der Waals surface area contributed by atoms with E-state index >= 15 is 0 Å². The van der Waals surface area contributed by atoms with Crippen molar-refractivity contribution in [1.82, 2.24) is 10.3 Å². The van der Waals surface area contributed by atoms with Gasteiger partial charge in [0.15, 0.2) is 6.61 Å². The van der Waals surface area contributed by atoms with Gasteiger partial charge >= 0.3 is 5.97 Å². The Morgan fingerprint density at radius 1 is 1.00 bits per heavy atom. The lowest BCUT2D eigenvalue weighted by molar-refractivity contribution is -0.123. The lowest BCUT2D eigenvalue weighted by atomic mass is 10.0. The quantitative estimate of drug-likeness (QED) is 0.475. The lowest BCUT2D eigenvalue weighted by Crippen LogP contribution is -2.33. The monoisotopic (exact) mass is 430 g/mol. The van der Waals surface area contributed by atoms with E-state index in [0.717, 1.165) is 11.1 Å². The fourth-order valence-corrected chi connectivity index (χ4v) is 3.68. The van der Waals surface area contributed by atoms with Gasteiger partial charge in [-0.25, -0.2) is 9.78 Å². The SMILES string of the molecule is Cc1ccc(-c2cc(C(=O)OCC(=O)NC(=O)c3cccs3)c3ccccc3n2)cc1. The smallest absolute Gasteiger partial charge is 0.339 e. The van der Waals surface area contributed by atoms with Gasteiger partial charge in [-0.3, -0.25) is 14.9 Å². The number of ether oxygens (including phenoxy) is 1. The Kier molecular flexibility index (Phi) is 5.86. The summed E-state index contributed by atoms with van der Waals surface area (Å²) in [5.74, 6) is -1.87. The van der Waals surface area contributed by atoms with E-state index in [4.69, 9.17) is 4.74 Å². The van der Waals surface area contributed by atoms with E-state index in [1.165, 1.54) is 11.3 Å². The van der Waals surface area contributed by atoms with E-state index in [1.807, 2.05) is 43.3 Å². The van der Waals surface area contributed by atoms with Gasteiger partial charge in [0.05, 0.1) is 21.7 Å². The highest BCUT2D eigenvalue weighted by Crippen LogP contribution is 2.25. The van der Waals surface area contributed by atoms with Crippen LogP contribution in [0.5, 0.6) is 0 Å². The number of thiophene rings is 1. The molecule has 6 nitrogen and oxygen atoms in total. The highest BCUT2D eigenvalue weighted by molar-refractivity contribution is 7.12. The highest BCUT2D eigenvalue weighted by Gasteiger charge is 2.18. The molecule has 2 aromatic heterocycles. The second-order valence-electron chi connectivity index (χ2n) is 6.87. The zero-order valence-corrected chi connectivity index (χ0v) is 17.4. The van der Waals surface area contributed by atoms with E-state index in [0.29, 0.717) is 27.0 Å². The Morgan fingerprint density at radius 2 is 1.77 bits per heavy atom. The molecule has 4 rings (SSSR count). The van der Waals surface area contributed by atoms with Crippen LogP contribution < -0.4 is 5.32 Å². The summed E-state index contributed by atoms with van der Waals surface area (Å²) in [6, 6.07) is 20.0. The predicted molar refractivity (Wildman–Crippen MR) is 119 cm³/mol. The third-order valence-electron chi connectivity index (χ3n) is 4.62. The molecule has 0 radical (unpaired) electrons. The van der Waals surface area contributed by atoms with Crippen molar-refractivity contribution in [3.05, 3.63) is 88.1 Å². The molecule has 0 saturated heterocycles. The van der Waals surface area contributed by atoms with Gasteiger partial charge in [-0.1, -0.05) is 54.1 Å². The summed E-state index contributed by atoms with van der Waals surface area (Å²) >= 11 is 1.22. The summed E-state index contributed by atoms with van der Waals surface area (Å²) in [6.45, 7) is 1.43. The third kappa shape index (κ3) is 4.67. The molecule has 0 aliphatic carbocycles. The number of para-hydroxylation sites is 1. The molecule has 0 bridgehead atoms. The number of amides is 2. The molecule has 0 unspecified atom stereocenters. The summed E-state index contributed by atoms with van der Waals surface area (Å²) in [5, 5.41) is 4.57. The number of benzene rings is 2. The Balaban J connectivity index is 1.54. The number of nitrogens with one attached hydrogen (secondary N) is 1. The second kappa shape index (κ2) is 8.89. The number of nitrogens with zero attached hydrogens (tertiary/aromatic N) is 1. The first-order valence-electron chi connectivity index (χ1n) is 9.53. The number of imide groups is 1. The van der Waals surface area contributed by atoms with Crippen LogP contribution in [0.3, 0.4) is 0 Å². The number of carbonyl (C=O) groups is 3. The third-order valence-corrected chi connectivity index (χ3v) is 5.48. The van der Waals surface area contributed by atoms with Crippen LogP contribution in [-0.2, 0) is 9.53 Å². The normalized spacial score (nSPS) is 10.6. The summed E-state index contributed by atoms with van der Waals surface area (Å²) in [4.78, 5) is 41.9. The van der Waals surface area contributed by atoms with E-state index < -0.39 is 24.4 Å². The van der Waals surface area contributed by atoms with Gasteiger partial charge in [-0.2, -0.15) is 0 Å². The standard InChI is InChI=1S/C24H18N2O4S/c1-15-8-10-16(11-9-15)20-13-18(17-5-2-3-6-19(17)25-20)24(29)30-14-22(27)26-23(28)21-7-4-12-31-21/h2-13H,14H2,1H3,(H,26,27,28). The average molecular weight is 430 g/mol. The topological polar surface area (TPSA) is 85.4 Å². The molecule has 31 heavy (non-hydrogen) atoms. The van der Waals surface area contributed by atoms with E-state index in [2.05, 4.69) is 10.3 Å². The van der Waals surface area contributed by atoms with Gasteiger partial charge in [0, 0.05) is 10.9 Å². The molecule has 0 aliphatic rings. The van der Waals surface area contributed by atoms with Crippen LogP contribution in [0.25, 0.3) is 22.2 Å². The fourth-order valence-electron chi connectivity index (χ4n) is 3.06. The second-order valence-corrected chi connectivity index (χ2v) is 7.82. The summed E-state index contributed by atoms with van der Waals surface area (Å²) < 4.78 is 5.20. The number of aryl methyl sites for hydroxylation is 1. The minimum Gasteiger partial charge on any atom is -0.452 e. The summed E-state index contributed by atoms with van der Waals surface area (Å²) in [6.07, 6.45) is 0. The number of pyridine rings is 1. The molecular formula is C24H18N2O4S. The molecule has 2 heterocycles. The van der Waals surface area contributed by atoms with Crippen LogP contribution in [0.4, 0.5) is 0 Å². The molecule has 4 aromatic rings. The first-order chi connectivity index (χ1) is 15.0. The molecule has 0 saturated carbocycles. The maximum Gasteiger partial charge on any atom is 0.339 e. The summed E-state index contributed by atoms with van der Waals surface area (Å²) in [7, 11) is 0. The maximum atomic E-state index is 12.8. The maximum absolute atomic E-state index is 12.8. The number of carbonyl (C=O) groups excluding carboxylic acids is 3. The number of rotatable bonds is 5. The van der Waals surface area contributed by atoms with Crippen molar-refractivity contribution in [2.75, 3.05) is 6.61 Å². The molecule has 7 heteroatoms. The van der Waals surface area contributed by atoms with Crippen LogP contribution >= 0.6 is 11.3 Å². The lowest BCUT2D eigenvalue weighted by Gasteiger charge is -2.10. The van der Waals surface area contributed by atoms with Gasteiger partial charge in [-0.15, -0.1) is 11.3 Å². The molecule has 2 amide bonds. The molecule has 0 fully saturated rings. The first kappa shape index (κ1) is 20.4. The van der Waals surface area contributed by atoms with Crippen LogP contribution in [0.15, 0.2) is 72.1 Å². The van der Waals surface area contributed by atoms with Crippen LogP contribution in [0, 0.1) is 6.92 Å². The molecule has 154 valence electrons. The zero-order valence-electron chi connectivity index (χ0n) is 16.6. The molecule has 0 atom stereocenters. The van der Waals surface area contributed by atoms with E-state index in [-0.39, 0.29) is 0 Å². The summed E-state index contributed by atoms with van der Waals surface area (Å²) in [5.41, 5.74) is 3.56. The fraction of sp³-hybridized carbons (Fsp3) is 0.0833. The minimum atomic E-state index is -0.691. The largest absolute Gasteiger partial charge is 0.452 e. The van der Waals surface area contributed by atoms with Crippen LogP contribution in [0.1, 0.15) is 25.6 Å². The Bertz CT molecular complexity index is 1260. The molecule has 1 N–H and O–H groups in total. The van der Waals surface area contributed by atoms with Crippen molar-refractivity contribution in [2.45, 2.75) is 6.92 Å². The van der Waals surface area contributed by atoms with Crippen molar-refractivity contribution in [3.8, 4) is 11.3 Å². The number of esters is 1. The highest BCUT2D eigenvalue weighted by atomic mass is 32.1. The van der Waals surface area contributed by atoms with Gasteiger partial charge in [0.1, 0.15) is 0 Å². The van der Waals surface area contributed by atoms with Crippen molar-refractivity contribution in [3.63, 3.8) is 0 Å². The van der Waals surface area contributed by atoms with E-state index in [9.17, 15) is 14.4 Å². The molecular weight excluding hydrogens is 412 g/mol. The minimum absolute atomic E-state index is 0.304. The van der Waals surface area contributed by atoms with Gasteiger partial charge in [0.25, 0.3) is 11.8 Å². The van der Waals surface area contributed by atoms with E-state index in [1.54, 1.807) is 35.7 Å². The first-order valence-corrected chi connectivity index (χ1v) is 10.4. The Labute approximate surface area is 182 Å².